The van der Waals surface area contributed by atoms with Gasteiger partial charge in [-0.3, -0.25) is 19.3 Å². The van der Waals surface area contributed by atoms with Gasteiger partial charge in [-0.05, 0) is 62.9 Å². The fourth-order valence-corrected chi connectivity index (χ4v) is 3.89. The van der Waals surface area contributed by atoms with Gasteiger partial charge < -0.3 is 9.47 Å². The van der Waals surface area contributed by atoms with Crippen molar-refractivity contribution in [1.82, 2.24) is 4.90 Å². The Kier molecular flexibility index (Phi) is 5.10. The highest BCUT2D eigenvalue weighted by molar-refractivity contribution is 6.21. The van der Waals surface area contributed by atoms with Crippen LogP contribution in [-0.2, 0) is 22.4 Å². The van der Waals surface area contributed by atoms with Crippen molar-refractivity contribution in [3.05, 3.63) is 64.7 Å². The van der Waals surface area contributed by atoms with Crippen molar-refractivity contribution >= 4 is 17.8 Å². The van der Waals surface area contributed by atoms with Crippen molar-refractivity contribution in [3.63, 3.8) is 0 Å². The molecule has 0 N–H and O–H groups in total. The first-order valence-electron chi connectivity index (χ1n) is 10.2. The quantitative estimate of drug-likeness (QED) is 0.572. The first-order valence-corrected chi connectivity index (χ1v) is 10.2. The maximum atomic E-state index is 12.6. The second-order valence-electron chi connectivity index (χ2n) is 8.75. The molecule has 2 aromatic rings. The third-order valence-electron chi connectivity index (χ3n) is 5.19. The molecule has 4 rings (SSSR count). The van der Waals surface area contributed by atoms with Crippen molar-refractivity contribution in [2.45, 2.75) is 51.7 Å². The van der Waals surface area contributed by atoms with Crippen LogP contribution in [0.25, 0.3) is 0 Å². The van der Waals surface area contributed by atoms with E-state index in [1.165, 1.54) is 4.90 Å². The Bertz CT molecular complexity index is 985. The number of carbonyl (C=O) groups excluding carboxylic acids is 3. The van der Waals surface area contributed by atoms with Gasteiger partial charge in [-0.15, -0.1) is 0 Å². The Hall–Kier alpha value is -3.15. The van der Waals surface area contributed by atoms with Gasteiger partial charge in [-0.2, -0.15) is 0 Å². The number of rotatable bonds is 4. The van der Waals surface area contributed by atoms with Gasteiger partial charge in [0.1, 0.15) is 17.5 Å². The Morgan fingerprint density at radius 3 is 2.40 bits per heavy atom. The van der Waals surface area contributed by atoms with Crippen molar-refractivity contribution in [2.75, 3.05) is 6.54 Å². The van der Waals surface area contributed by atoms with E-state index in [1.54, 1.807) is 24.3 Å². The molecule has 0 aromatic heterocycles. The molecule has 6 heteroatoms. The molecule has 0 saturated heterocycles. The molecule has 156 valence electrons. The fraction of sp³-hybridized carbons (Fsp3) is 0.375. The molecule has 0 saturated carbocycles. The molecule has 0 radical (unpaired) electrons. The van der Waals surface area contributed by atoms with Crippen molar-refractivity contribution in [3.8, 4) is 5.75 Å². The first-order chi connectivity index (χ1) is 14.2. The van der Waals surface area contributed by atoms with Crippen LogP contribution in [0.1, 0.15) is 59.0 Å². The zero-order valence-corrected chi connectivity index (χ0v) is 17.4. The van der Waals surface area contributed by atoms with Crippen LogP contribution >= 0.6 is 0 Å². The summed E-state index contributed by atoms with van der Waals surface area (Å²) in [6, 6.07) is 12.6. The van der Waals surface area contributed by atoms with Gasteiger partial charge >= 0.3 is 5.97 Å². The molecule has 2 aliphatic heterocycles. The maximum absolute atomic E-state index is 12.6. The van der Waals surface area contributed by atoms with E-state index in [-0.39, 0.29) is 36.9 Å². The first kappa shape index (κ1) is 20.1. The lowest BCUT2D eigenvalue weighted by molar-refractivity contribution is -0.153. The monoisotopic (exact) mass is 407 g/mol. The third kappa shape index (κ3) is 4.08. The topological polar surface area (TPSA) is 72.9 Å². The van der Waals surface area contributed by atoms with Gasteiger partial charge in [0.2, 0.25) is 0 Å². The standard InChI is InChI=1S/C24H25NO5/c1-24(2,3)30-21(26)13-15-8-11-20-16(12-15)9-10-17(29-20)14-25-22(27)18-6-4-5-7-19(18)23(25)28/h4-8,11-12,17H,9-10,13-14H2,1-3H3/t17-/m1/s1. The number of nitrogens with zero attached hydrogens (tertiary/aromatic N) is 1. The van der Waals surface area contributed by atoms with Gasteiger partial charge in [0.05, 0.1) is 24.1 Å². The molecular formula is C24H25NO5. The molecule has 0 fully saturated rings. The molecule has 2 aromatic carbocycles. The summed E-state index contributed by atoms with van der Waals surface area (Å²) < 4.78 is 11.5. The van der Waals surface area contributed by atoms with E-state index < -0.39 is 5.60 Å². The predicted octanol–water partition coefficient (Wildman–Crippen LogP) is 3.56. The zero-order valence-electron chi connectivity index (χ0n) is 17.4. The predicted molar refractivity (Wildman–Crippen MR) is 111 cm³/mol. The average molecular weight is 407 g/mol. The molecule has 30 heavy (non-hydrogen) atoms. The highest BCUT2D eigenvalue weighted by atomic mass is 16.6. The van der Waals surface area contributed by atoms with Crippen LogP contribution in [0.15, 0.2) is 42.5 Å². The van der Waals surface area contributed by atoms with Crippen LogP contribution < -0.4 is 4.74 Å². The number of esters is 1. The highest BCUT2D eigenvalue weighted by Crippen LogP contribution is 2.31. The van der Waals surface area contributed by atoms with E-state index in [1.807, 2.05) is 39.0 Å². The molecule has 2 heterocycles. The summed E-state index contributed by atoms with van der Waals surface area (Å²) in [4.78, 5) is 38.5. The van der Waals surface area contributed by atoms with Crippen LogP contribution in [0.3, 0.4) is 0 Å². The lowest BCUT2D eigenvalue weighted by Crippen LogP contribution is -2.40. The molecular weight excluding hydrogens is 382 g/mol. The summed E-state index contributed by atoms with van der Waals surface area (Å²) in [5.41, 5.74) is 2.29. The second kappa shape index (κ2) is 7.59. The van der Waals surface area contributed by atoms with E-state index in [9.17, 15) is 14.4 Å². The van der Waals surface area contributed by atoms with E-state index in [0.29, 0.717) is 17.5 Å². The molecule has 0 spiro atoms. The lowest BCUT2D eigenvalue weighted by atomic mass is 9.98. The van der Waals surface area contributed by atoms with Crippen molar-refractivity contribution in [2.24, 2.45) is 0 Å². The zero-order chi connectivity index (χ0) is 21.5. The van der Waals surface area contributed by atoms with Crippen LogP contribution in [0.4, 0.5) is 0 Å². The summed E-state index contributed by atoms with van der Waals surface area (Å²) in [5, 5.41) is 0. The summed E-state index contributed by atoms with van der Waals surface area (Å²) >= 11 is 0. The largest absolute Gasteiger partial charge is 0.488 e. The van der Waals surface area contributed by atoms with Crippen molar-refractivity contribution in [1.29, 1.82) is 0 Å². The van der Waals surface area contributed by atoms with Crippen LogP contribution in [0.2, 0.25) is 0 Å². The smallest absolute Gasteiger partial charge is 0.310 e. The molecule has 2 aliphatic rings. The van der Waals surface area contributed by atoms with Gasteiger partial charge in [-0.1, -0.05) is 24.3 Å². The minimum atomic E-state index is -0.508. The molecule has 6 nitrogen and oxygen atoms in total. The Morgan fingerprint density at radius 2 is 1.77 bits per heavy atom. The molecule has 0 aliphatic carbocycles. The summed E-state index contributed by atoms with van der Waals surface area (Å²) in [5.74, 6) is -0.0612. The molecule has 0 unspecified atom stereocenters. The molecule has 1 atom stereocenters. The van der Waals surface area contributed by atoms with Crippen LogP contribution in [-0.4, -0.2) is 40.9 Å². The van der Waals surface area contributed by atoms with Crippen molar-refractivity contribution < 1.29 is 23.9 Å². The second-order valence-corrected chi connectivity index (χ2v) is 8.75. The Balaban J connectivity index is 1.41. The molecule has 2 amide bonds. The number of fused-ring (bicyclic) bond motifs is 2. The number of hydrogen-bond acceptors (Lipinski definition) is 5. The van der Waals surface area contributed by atoms with E-state index >= 15 is 0 Å². The Morgan fingerprint density at radius 1 is 1.10 bits per heavy atom. The maximum Gasteiger partial charge on any atom is 0.310 e. The van der Waals surface area contributed by atoms with Gasteiger partial charge in [0, 0.05) is 0 Å². The number of amides is 2. The number of benzene rings is 2. The molecule has 0 bridgehead atoms. The van der Waals surface area contributed by atoms with Crippen LogP contribution in [0, 0.1) is 0 Å². The number of aryl methyl sites for hydroxylation is 1. The minimum absolute atomic E-state index is 0.211. The van der Waals surface area contributed by atoms with Crippen LogP contribution in [0.5, 0.6) is 5.75 Å². The summed E-state index contributed by atoms with van der Waals surface area (Å²) in [7, 11) is 0. The van der Waals surface area contributed by atoms with Gasteiger partial charge in [0.25, 0.3) is 11.8 Å². The SMILES string of the molecule is CC(C)(C)OC(=O)Cc1ccc2c(c1)CC[C@H](CN1C(=O)c3ccccc3C1=O)O2. The summed E-state index contributed by atoms with van der Waals surface area (Å²) in [6.45, 7) is 5.77. The van der Waals surface area contributed by atoms with Gasteiger partial charge in [0.15, 0.2) is 0 Å². The third-order valence-corrected chi connectivity index (χ3v) is 5.19. The Labute approximate surface area is 175 Å². The van der Waals surface area contributed by atoms with E-state index in [0.717, 1.165) is 23.3 Å². The fourth-order valence-electron chi connectivity index (χ4n) is 3.89. The summed E-state index contributed by atoms with van der Waals surface area (Å²) in [6.07, 6.45) is 1.40. The lowest BCUT2D eigenvalue weighted by Gasteiger charge is -2.29. The van der Waals surface area contributed by atoms with Gasteiger partial charge in [-0.25, -0.2) is 0 Å². The number of hydrogen-bond donors (Lipinski definition) is 0. The number of carbonyl (C=O) groups is 3. The number of ether oxygens (including phenoxy) is 2. The average Bonchev–Trinajstić information content (AvgIpc) is 2.92. The minimum Gasteiger partial charge on any atom is -0.488 e. The number of imide groups is 1. The normalized spacial score (nSPS) is 18.0. The highest BCUT2D eigenvalue weighted by Gasteiger charge is 2.37. The van der Waals surface area contributed by atoms with E-state index in [2.05, 4.69) is 0 Å². The van der Waals surface area contributed by atoms with E-state index in [4.69, 9.17) is 9.47 Å².